The van der Waals surface area contributed by atoms with E-state index >= 15 is 0 Å². The van der Waals surface area contributed by atoms with Gasteiger partial charge < -0.3 is 4.42 Å². The molecule has 1 heterocycles. The molecule has 0 unspecified atom stereocenters. The fourth-order valence-corrected chi connectivity index (χ4v) is 3.42. The van der Waals surface area contributed by atoms with Gasteiger partial charge in [-0.15, -0.1) is 16.9 Å². The number of aryl methyl sites for hydroxylation is 3. The van der Waals surface area contributed by atoms with E-state index in [0.717, 1.165) is 21.6 Å². The number of thioether (sulfide) groups is 1. The summed E-state index contributed by atoms with van der Waals surface area (Å²) < 4.78 is 5.57. The Balaban J connectivity index is 1.53. The van der Waals surface area contributed by atoms with Gasteiger partial charge in [0.05, 0.1) is 0 Å². The molecule has 5 nitrogen and oxygen atoms in total. The molecule has 2 aromatic carbocycles. The lowest BCUT2D eigenvalue weighted by Gasteiger charge is -2.02. The summed E-state index contributed by atoms with van der Waals surface area (Å²) in [5.41, 5.74) is 4.32. The van der Waals surface area contributed by atoms with Gasteiger partial charge in [-0.05, 0) is 45.0 Å². The Morgan fingerprint density at radius 1 is 1.00 bits per heavy atom. The van der Waals surface area contributed by atoms with Crippen LogP contribution in [0.3, 0.4) is 0 Å². The lowest BCUT2D eigenvalue weighted by Crippen LogP contribution is -2.12. The second kappa shape index (κ2) is 8.19. The Kier molecular flexibility index (Phi) is 5.73. The molecule has 0 saturated heterocycles. The first-order valence-corrected chi connectivity index (χ1v) is 9.39. The van der Waals surface area contributed by atoms with Crippen LogP contribution in [-0.4, -0.2) is 21.9 Å². The van der Waals surface area contributed by atoms with Crippen molar-refractivity contribution in [2.24, 2.45) is 0 Å². The molecule has 3 aromatic rings. The van der Waals surface area contributed by atoms with Crippen LogP contribution in [0, 0.1) is 20.8 Å². The Labute approximate surface area is 157 Å². The molecule has 0 bridgehead atoms. The lowest BCUT2D eigenvalue weighted by atomic mass is 10.1. The van der Waals surface area contributed by atoms with Gasteiger partial charge in [0.15, 0.2) is 0 Å². The van der Waals surface area contributed by atoms with Crippen molar-refractivity contribution in [3.8, 4) is 11.5 Å². The van der Waals surface area contributed by atoms with Crippen molar-refractivity contribution in [3.63, 3.8) is 0 Å². The van der Waals surface area contributed by atoms with Crippen LogP contribution >= 0.6 is 11.8 Å². The fourth-order valence-electron chi connectivity index (χ4n) is 2.57. The van der Waals surface area contributed by atoms with E-state index in [1.54, 1.807) is 11.8 Å². The molecule has 0 aliphatic carbocycles. The van der Waals surface area contributed by atoms with Gasteiger partial charge >= 0.3 is 6.01 Å². The summed E-state index contributed by atoms with van der Waals surface area (Å²) in [6, 6.07) is 14.4. The van der Waals surface area contributed by atoms with E-state index in [2.05, 4.69) is 52.8 Å². The average Bonchev–Trinajstić information content (AvgIpc) is 3.04. The van der Waals surface area contributed by atoms with E-state index in [4.69, 9.17) is 4.42 Å². The summed E-state index contributed by atoms with van der Waals surface area (Å²) in [7, 11) is 0. The number of nitrogens with one attached hydrogen (secondary N) is 1. The van der Waals surface area contributed by atoms with Crippen molar-refractivity contribution in [1.29, 1.82) is 0 Å². The molecule has 0 atom stereocenters. The number of amides is 1. The van der Waals surface area contributed by atoms with Crippen molar-refractivity contribution in [2.75, 3.05) is 11.1 Å². The van der Waals surface area contributed by atoms with E-state index in [-0.39, 0.29) is 11.9 Å². The SMILES string of the molecule is Cc1ccc(SCCC(=O)Nc2nnc(-c3cc(C)cc(C)c3)o2)cc1. The normalized spacial score (nSPS) is 10.7. The molecule has 0 fully saturated rings. The third-order valence-electron chi connectivity index (χ3n) is 3.76. The van der Waals surface area contributed by atoms with Crippen LogP contribution in [0.4, 0.5) is 6.01 Å². The molecular weight excluding hydrogens is 346 g/mol. The number of carbonyl (C=O) groups is 1. The number of aromatic nitrogens is 2. The van der Waals surface area contributed by atoms with E-state index in [0.29, 0.717) is 18.1 Å². The number of nitrogens with zero attached hydrogens (tertiary/aromatic N) is 2. The van der Waals surface area contributed by atoms with Gasteiger partial charge in [-0.25, -0.2) is 0 Å². The Morgan fingerprint density at radius 3 is 2.38 bits per heavy atom. The number of anilines is 1. The first-order valence-electron chi connectivity index (χ1n) is 8.41. The van der Waals surface area contributed by atoms with Crippen molar-refractivity contribution >= 4 is 23.7 Å². The molecule has 3 rings (SSSR count). The summed E-state index contributed by atoms with van der Waals surface area (Å²) in [6.07, 6.45) is 0.375. The van der Waals surface area contributed by atoms with E-state index < -0.39 is 0 Å². The van der Waals surface area contributed by atoms with Crippen LogP contribution in [-0.2, 0) is 4.79 Å². The smallest absolute Gasteiger partial charge is 0.322 e. The third-order valence-corrected chi connectivity index (χ3v) is 4.77. The van der Waals surface area contributed by atoms with Crippen molar-refractivity contribution in [1.82, 2.24) is 10.2 Å². The quantitative estimate of drug-likeness (QED) is 0.635. The molecule has 26 heavy (non-hydrogen) atoms. The number of carbonyl (C=O) groups excluding carboxylic acids is 1. The van der Waals surface area contributed by atoms with E-state index in [1.165, 1.54) is 5.56 Å². The number of hydrogen-bond donors (Lipinski definition) is 1. The molecule has 0 spiro atoms. The minimum absolute atomic E-state index is 0.129. The van der Waals surface area contributed by atoms with Gasteiger partial charge in [0.1, 0.15) is 0 Å². The molecule has 6 heteroatoms. The van der Waals surface area contributed by atoms with Crippen molar-refractivity contribution in [2.45, 2.75) is 32.1 Å². The fraction of sp³-hybridized carbons (Fsp3) is 0.250. The van der Waals surface area contributed by atoms with Gasteiger partial charge in [0.2, 0.25) is 11.8 Å². The molecule has 0 aliphatic heterocycles. The highest BCUT2D eigenvalue weighted by atomic mass is 32.2. The topological polar surface area (TPSA) is 68.0 Å². The highest BCUT2D eigenvalue weighted by Crippen LogP contribution is 2.23. The van der Waals surface area contributed by atoms with Crippen LogP contribution in [0.5, 0.6) is 0 Å². The van der Waals surface area contributed by atoms with E-state index in [9.17, 15) is 4.79 Å². The maximum absolute atomic E-state index is 12.1. The summed E-state index contributed by atoms with van der Waals surface area (Å²) >= 11 is 1.65. The van der Waals surface area contributed by atoms with Gasteiger partial charge in [-0.3, -0.25) is 10.1 Å². The van der Waals surface area contributed by atoms with Gasteiger partial charge in [0, 0.05) is 22.6 Å². The zero-order valence-corrected chi connectivity index (χ0v) is 15.9. The molecule has 1 aromatic heterocycles. The van der Waals surface area contributed by atoms with Crippen LogP contribution in [0.2, 0.25) is 0 Å². The van der Waals surface area contributed by atoms with E-state index in [1.807, 2.05) is 26.0 Å². The molecule has 0 aliphatic rings. The van der Waals surface area contributed by atoms with Gasteiger partial charge in [-0.1, -0.05) is 40.0 Å². The monoisotopic (exact) mass is 367 g/mol. The highest BCUT2D eigenvalue weighted by Gasteiger charge is 2.12. The second-order valence-electron chi connectivity index (χ2n) is 6.25. The predicted molar refractivity (Wildman–Crippen MR) is 104 cm³/mol. The molecule has 0 saturated carbocycles. The van der Waals surface area contributed by atoms with Crippen LogP contribution in [0.1, 0.15) is 23.1 Å². The standard InChI is InChI=1S/C20H21N3O2S/c1-13-4-6-17(7-5-13)26-9-8-18(24)21-20-23-22-19(25-20)16-11-14(2)10-15(3)12-16/h4-7,10-12H,8-9H2,1-3H3,(H,21,23,24). The van der Waals surface area contributed by atoms with Crippen molar-refractivity contribution in [3.05, 3.63) is 59.2 Å². The predicted octanol–water partition coefficient (Wildman–Crippen LogP) is 4.78. The minimum Gasteiger partial charge on any atom is -0.403 e. The average molecular weight is 367 g/mol. The summed E-state index contributed by atoms with van der Waals surface area (Å²) in [6.45, 7) is 6.08. The van der Waals surface area contributed by atoms with Crippen LogP contribution in [0.15, 0.2) is 51.8 Å². The maximum Gasteiger partial charge on any atom is 0.322 e. The number of rotatable bonds is 6. The maximum atomic E-state index is 12.1. The zero-order valence-electron chi connectivity index (χ0n) is 15.1. The van der Waals surface area contributed by atoms with Gasteiger partial charge in [-0.2, -0.15) is 0 Å². The first-order chi connectivity index (χ1) is 12.5. The Morgan fingerprint density at radius 2 is 1.69 bits per heavy atom. The molecule has 1 amide bonds. The number of benzene rings is 2. The molecular formula is C20H21N3O2S. The highest BCUT2D eigenvalue weighted by molar-refractivity contribution is 7.99. The minimum atomic E-state index is -0.139. The number of hydrogen-bond acceptors (Lipinski definition) is 5. The first kappa shape index (κ1) is 18.2. The molecule has 1 N–H and O–H groups in total. The Bertz CT molecular complexity index is 883. The Hall–Kier alpha value is -2.60. The van der Waals surface area contributed by atoms with Crippen molar-refractivity contribution < 1.29 is 9.21 Å². The molecule has 134 valence electrons. The largest absolute Gasteiger partial charge is 0.403 e. The second-order valence-corrected chi connectivity index (χ2v) is 7.42. The lowest BCUT2D eigenvalue weighted by molar-refractivity contribution is -0.115. The zero-order chi connectivity index (χ0) is 18.5. The van der Waals surface area contributed by atoms with Crippen LogP contribution in [0.25, 0.3) is 11.5 Å². The third kappa shape index (κ3) is 4.95. The summed E-state index contributed by atoms with van der Waals surface area (Å²) in [5, 5.41) is 10.6. The summed E-state index contributed by atoms with van der Waals surface area (Å²) in [4.78, 5) is 13.2. The van der Waals surface area contributed by atoms with Gasteiger partial charge in [0.25, 0.3) is 0 Å². The summed E-state index contributed by atoms with van der Waals surface area (Å²) in [5.74, 6) is 0.953. The molecule has 0 radical (unpaired) electrons. The van der Waals surface area contributed by atoms with Crippen LogP contribution < -0.4 is 5.32 Å².